The summed E-state index contributed by atoms with van der Waals surface area (Å²) in [5, 5.41) is 83.3. The predicted molar refractivity (Wildman–Crippen MR) is 106 cm³/mol. The third kappa shape index (κ3) is 186. The molecule has 0 aliphatic carbocycles. The van der Waals surface area contributed by atoms with Crippen molar-refractivity contribution < 1.29 is 86.2 Å². The summed E-state index contributed by atoms with van der Waals surface area (Å²) in [7, 11) is -16.0. The van der Waals surface area contributed by atoms with E-state index in [-0.39, 0.29) is 0 Å². The van der Waals surface area contributed by atoms with Crippen molar-refractivity contribution >= 4 is 44.4 Å². The smallest absolute Gasteiger partial charge is 0.398 e. The summed E-state index contributed by atoms with van der Waals surface area (Å²) in [6.07, 6.45) is 5.92. The molecule has 1 heterocycles. The van der Waals surface area contributed by atoms with E-state index in [4.69, 9.17) is 60.3 Å². The lowest BCUT2D eigenvalue weighted by Crippen LogP contribution is -2.20. The minimum Gasteiger partial charge on any atom is -0.398 e. The molecule has 0 amide bonds. The highest BCUT2D eigenvalue weighted by Crippen LogP contribution is 2.04. The number of hydrogen-bond acceptors (Lipinski definition) is 14. The maximum atomic E-state index is 10.1. The van der Waals surface area contributed by atoms with Crippen LogP contribution < -0.4 is 0 Å². The SMILES string of the molecule is C=CN1C=CN(CC)C1.OB(O)F.OB(O)F.OB(O)F.OB(O)F.OB(O)F.OB(O)F. The molecule has 1 aliphatic heterocycles. The molecule has 0 radical (unpaired) electrons. The van der Waals surface area contributed by atoms with Gasteiger partial charge in [0.1, 0.15) is 0 Å². The van der Waals surface area contributed by atoms with Gasteiger partial charge in [-0.3, -0.25) is 25.9 Å². The van der Waals surface area contributed by atoms with Crippen molar-refractivity contribution in [1.29, 1.82) is 0 Å². The number of rotatable bonds is 2. The predicted octanol–water partition coefficient (Wildman–Crippen LogP) is -5.25. The highest BCUT2D eigenvalue weighted by Gasteiger charge is 2.05. The standard InChI is InChI=1S/C7H12N2.6BFH2O2/c1-3-8-5-6-9(4-2)7-8;6*2-1(3)4/h3,5-6H,1,4,7H2,2H3;6*3-4H. The largest absolute Gasteiger partial charge is 0.674 e. The second-order valence-corrected chi connectivity index (χ2v) is 3.91. The summed E-state index contributed by atoms with van der Waals surface area (Å²) in [6.45, 7) is 7.82. The van der Waals surface area contributed by atoms with Crippen molar-refractivity contribution in [3.8, 4) is 0 Å². The lowest BCUT2D eigenvalue weighted by Gasteiger charge is -2.15. The van der Waals surface area contributed by atoms with E-state index in [0.29, 0.717) is 0 Å². The topological polar surface area (TPSA) is 249 Å². The van der Waals surface area contributed by atoms with Gasteiger partial charge in [0.2, 0.25) is 0 Å². The Morgan fingerprint density at radius 2 is 0.848 bits per heavy atom. The quantitative estimate of drug-likeness (QED) is 0.123. The van der Waals surface area contributed by atoms with E-state index >= 15 is 0 Å². The zero-order chi connectivity index (χ0) is 28.2. The maximum Gasteiger partial charge on any atom is 0.674 e. The van der Waals surface area contributed by atoms with Crippen LogP contribution >= 0.6 is 0 Å². The summed E-state index contributed by atoms with van der Waals surface area (Å²) in [5.41, 5.74) is 0. The van der Waals surface area contributed by atoms with Gasteiger partial charge in [0.05, 0.1) is 6.67 Å². The molecule has 1 rings (SSSR count). The van der Waals surface area contributed by atoms with Gasteiger partial charge in [-0.15, -0.1) is 0 Å². The average Bonchev–Trinajstić information content (AvgIpc) is 2.99. The molecule has 0 atom stereocenters. The molecule has 194 valence electrons. The Kier molecular flexibility index (Phi) is 48.1. The molecular weight excluding hydrogens is 483 g/mol. The lowest BCUT2D eigenvalue weighted by atomic mass is 10.3. The fourth-order valence-corrected chi connectivity index (χ4v) is 0.808. The molecule has 0 unspecified atom stereocenters. The summed E-state index contributed by atoms with van der Waals surface area (Å²) in [6, 6.07) is 0. The van der Waals surface area contributed by atoms with Crippen molar-refractivity contribution in [3.63, 3.8) is 0 Å². The second-order valence-electron chi connectivity index (χ2n) is 3.91. The molecule has 0 aromatic carbocycles. The molecule has 26 heteroatoms. The molecule has 0 saturated carbocycles. The Hall–Kier alpha value is -1.43. The molecule has 0 fully saturated rings. The zero-order valence-electron chi connectivity index (χ0n) is 16.8. The van der Waals surface area contributed by atoms with Gasteiger partial charge in [0.25, 0.3) is 0 Å². The third-order valence-electron chi connectivity index (χ3n) is 1.45. The van der Waals surface area contributed by atoms with Crippen LogP contribution in [0.4, 0.5) is 25.9 Å². The first kappa shape index (κ1) is 45.1. The minimum absolute atomic E-state index is 0.958. The van der Waals surface area contributed by atoms with Crippen LogP contribution in [0.3, 0.4) is 0 Å². The third-order valence-corrected chi connectivity index (χ3v) is 1.45. The number of hydrogen-bond donors (Lipinski definition) is 12. The van der Waals surface area contributed by atoms with Crippen molar-refractivity contribution in [2.75, 3.05) is 13.2 Å². The molecular formula is C7H24B6F6N2O12. The summed E-state index contributed by atoms with van der Waals surface area (Å²) in [5.74, 6) is 0. The van der Waals surface area contributed by atoms with Gasteiger partial charge < -0.3 is 70.1 Å². The van der Waals surface area contributed by atoms with Gasteiger partial charge in [-0.1, -0.05) is 6.58 Å². The van der Waals surface area contributed by atoms with Crippen LogP contribution in [-0.2, 0) is 0 Å². The van der Waals surface area contributed by atoms with Crippen LogP contribution in [0.25, 0.3) is 0 Å². The van der Waals surface area contributed by atoms with Crippen LogP contribution in [0, 0.1) is 0 Å². The van der Waals surface area contributed by atoms with Crippen LogP contribution in [-0.4, -0.2) is 128 Å². The lowest BCUT2D eigenvalue weighted by molar-refractivity contribution is 0.328. The molecule has 1 aliphatic rings. The maximum absolute atomic E-state index is 10.1. The van der Waals surface area contributed by atoms with E-state index in [1.165, 1.54) is 0 Å². The zero-order valence-corrected chi connectivity index (χ0v) is 16.8. The molecule has 0 aromatic rings. The Morgan fingerprint density at radius 1 is 0.636 bits per heavy atom. The van der Waals surface area contributed by atoms with Crippen molar-refractivity contribution in [2.45, 2.75) is 6.92 Å². The highest BCUT2D eigenvalue weighted by atomic mass is 19.1. The Morgan fingerprint density at radius 3 is 0.939 bits per heavy atom. The van der Waals surface area contributed by atoms with E-state index in [2.05, 4.69) is 24.6 Å². The Balaban J connectivity index is -0.0000000672. The van der Waals surface area contributed by atoms with Crippen LogP contribution in [0.5, 0.6) is 0 Å². The van der Waals surface area contributed by atoms with Crippen molar-refractivity contribution in [3.05, 3.63) is 25.2 Å². The number of nitrogens with zero attached hydrogens (tertiary/aromatic N) is 2. The Labute approximate surface area is 186 Å². The van der Waals surface area contributed by atoms with Gasteiger partial charge >= 0.3 is 44.4 Å². The number of halogens is 6. The van der Waals surface area contributed by atoms with Gasteiger partial charge in [0, 0.05) is 18.9 Å². The van der Waals surface area contributed by atoms with E-state index in [1.807, 2.05) is 17.3 Å². The summed E-state index contributed by atoms with van der Waals surface area (Å²) < 4.78 is 60.7. The summed E-state index contributed by atoms with van der Waals surface area (Å²) in [4.78, 5) is 4.26. The molecule has 0 aromatic heterocycles. The van der Waals surface area contributed by atoms with Gasteiger partial charge in [-0.05, 0) is 13.1 Å². The molecule has 12 N–H and O–H groups in total. The first-order chi connectivity index (χ1) is 14.8. The second kappa shape index (κ2) is 35.2. The van der Waals surface area contributed by atoms with Crippen molar-refractivity contribution in [2.24, 2.45) is 0 Å². The molecule has 0 saturated heterocycles. The van der Waals surface area contributed by atoms with Crippen molar-refractivity contribution in [1.82, 2.24) is 9.80 Å². The minimum atomic E-state index is -2.67. The van der Waals surface area contributed by atoms with Crippen LogP contribution in [0.1, 0.15) is 6.92 Å². The fourth-order valence-electron chi connectivity index (χ4n) is 0.808. The van der Waals surface area contributed by atoms with Gasteiger partial charge in [-0.2, -0.15) is 0 Å². The van der Waals surface area contributed by atoms with Gasteiger partial charge in [-0.25, -0.2) is 0 Å². The molecule has 0 bridgehead atoms. The van der Waals surface area contributed by atoms with Gasteiger partial charge in [0.15, 0.2) is 0 Å². The van der Waals surface area contributed by atoms with E-state index in [0.717, 1.165) is 13.2 Å². The average molecular weight is 507 g/mol. The van der Waals surface area contributed by atoms with Crippen LogP contribution in [0.15, 0.2) is 25.2 Å². The molecule has 33 heavy (non-hydrogen) atoms. The molecule has 14 nitrogen and oxygen atoms in total. The Bertz CT molecular complexity index is 336. The monoisotopic (exact) mass is 508 g/mol. The first-order valence-electron chi connectivity index (χ1n) is 7.58. The van der Waals surface area contributed by atoms with E-state index in [9.17, 15) is 25.9 Å². The fraction of sp³-hybridized carbons (Fsp3) is 0.429. The normalized spacial score (nSPS) is 9.55. The van der Waals surface area contributed by atoms with E-state index < -0.39 is 44.4 Å². The van der Waals surface area contributed by atoms with Crippen LogP contribution in [0.2, 0.25) is 0 Å². The first-order valence-corrected chi connectivity index (χ1v) is 7.58. The highest BCUT2D eigenvalue weighted by molar-refractivity contribution is 6.32. The molecule has 0 spiro atoms. The van der Waals surface area contributed by atoms with E-state index in [1.54, 1.807) is 0 Å². The summed E-state index contributed by atoms with van der Waals surface area (Å²) >= 11 is 0.